The fourth-order valence-electron chi connectivity index (χ4n) is 2.93. The van der Waals surface area contributed by atoms with Crippen LogP contribution in [0.25, 0.3) is 0 Å². The molecule has 1 unspecified atom stereocenters. The van der Waals surface area contributed by atoms with Gasteiger partial charge in [0.1, 0.15) is 5.76 Å². The molecule has 116 valence electrons. The van der Waals surface area contributed by atoms with Gasteiger partial charge in [0.05, 0.1) is 17.5 Å². The standard InChI is InChI=1S/C15H17N3O4/c1-3-11-10(8-17(2)16-11)14(19)18-6-4-12-9(5-7-22-12)13(18)15(20)21/h5,7-8,13H,3-4,6H2,1-2H3,(H,20,21). The monoisotopic (exact) mass is 303 g/mol. The molecule has 0 saturated carbocycles. The van der Waals surface area contributed by atoms with Gasteiger partial charge in [-0.05, 0) is 12.5 Å². The second-order valence-electron chi connectivity index (χ2n) is 5.31. The molecule has 0 radical (unpaired) electrons. The average molecular weight is 303 g/mol. The van der Waals surface area contributed by atoms with E-state index in [-0.39, 0.29) is 5.91 Å². The molecule has 1 aliphatic heterocycles. The quantitative estimate of drug-likeness (QED) is 0.926. The van der Waals surface area contributed by atoms with Gasteiger partial charge in [-0.25, -0.2) is 4.79 Å². The highest BCUT2D eigenvalue weighted by Crippen LogP contribution is 2.32. The van der Waals surface area contributed by atoms with Gasteiger partial charge in [0.2, 0.25) is 0 Å². The van der Waals surface area contributed by atoms with Crippen LogP contribution in [0.1, 0.15) is 40.3 Å². The summed E-state index contributed by atoms with van der Waals surface area (Å²) < 4.78 is 6.88. The second kappa shape index (κ2) is 5.32. The number of carbonyl (C=O) groups excluding carboxylic acids is 1. The summed E-state index contributed by atoms with van der Waals surface area (Å²) in [6.45, 7) is 2.23. The van der Waals surface area contributed by atoms with Crippen LogP contribution in [-0.4, -0.2) is 38.2 Å². The predicted molar refractivity (Wildman–Crippen MR) is 76.4 cm³/mol. The van der Waals surface area contributed by atoms with E-state index >= 15 is 0 Å². The molecular weight excluding hydrogens is 286 g/mol. The summed E-state index contributed by atoms with van der Waals surface area (Å²) >= 11 is 0. The summed E-state index contributed by atoms with van der Waals surface area (Å²) in [7, 11) is 1.75. The number of furan rings is 1. The number of hydrogen-bond acceptors (Lipinski definition) is 4. The number of nitrogens with zero attached hydrogens (tertiary/aromatic N) is 3. The van der Waals surface area contributed by atoms with Gasteiger partial charge in [-0.2, -0.15) is 5.10 Å². The number of aryl methyl sites for hydroxylation is 2. The Morgan fingerprint density at radius 1 is 1.50 bits per heavy atom. The van der Waals surface area contributed by atoms with Crippen LogP contribution in [0.2, 0.25) is 0 Å². The molecule has 3 heterocycles. The minimum absolute atomic E-state index is 0.302. The molecule has 0 fully saturated rings. The molecule has 0 spiro atoms. The fraction of sp³-hybridized carbons (Fsp3) is 0.400. The fourth-order valence-corrected chi connectivity index (χ4v) is 2.93. The van der Waals surface area contributed by atoms with E-state index in [1.807, 2.05) is 6.92 Å². The molecule has 7 nitrogen and oxygen atoms in total. The van der Waals surface area contributed by atoms with Crippen LogP contribution < -0.4 is 0 Å². The smallest absolute Gasteiger partial charge is 0.331 e. The molecule has 2 aromatic rings. The summed E-state index contributed by atoms with van der Waals surface area (Å²) in [5.74, 6) is -0.722. The lowest BCUT2D eigenvalue weighted by molar-refractivity contribution is -0.143. The molecule has 3 rings (SSSR count). The third-order valence-corrected chi connectivity index (χ3v) is 3.93. The van der Waals surface area contributed by atoms with E-state index < -0.39 is 12.0 Å². The maximum absolute atomic E-state index is 12.8. The molecule has 1 amide bonds. The Labute approximate surface area is 127 Å². The summed E-state index contributed by atoms with van der Waals surface area (Å²) in [6, 6.07) is 0.609. The molecule has 1 atom stereocenters. The lowest BCUT2D eigenvalue weighted by Gasteiger charge is -2.32. The zero-order valence-electron chi connectivity index (χ0n) is 12.4. The van der Waals surface area contributed by atoms with Crippen LogP contribution >= 0.6 is 0 Å². The normalized spacial score (nSPS) is 17.4. The lowest BCUT2D eigenvalue weighted by Crippen LogP contribution is -2.43. The van der Waals surface area contributed by atoms with E-state index in [4.69, 9.17) is 4.42 Å². The van der Waals surface area contributed by atoms with E-state index in [0.29, 0.717) is 42.0 Å². The van der Waals surface area contributed by atoms with Gasteiger partial charge in [0.25, 0.3) is 5.91 Å². The van der Waals surface area contributed by atoms with Gasteiger partial charge < -0.3 is 14.4 Å². The summed E-state index contributed by atoms with van der Waals surface area (Å²) in [5.41, 5.74) is 1.69. The van der Waals surface area contributed by atoms with E-state index in [1.54, 1.807) is 24.0 Å². The molecule has 7 heteroatoms. The topological polar surface area (TPSA) is 88.6 Å². The van der Waals surface area contributed by atoms with Gasteiger partial charge in [0, 0.05) is 31.8 Å². The van der Waals surface area contributed by atoms with Gasteiger partial charge in [-0.3, -0.25) is 9.48 Å². The Balaban J connectivity index is 2.00. The second-order valence-corrected chi connectivity index (χ2v) is 5.31. The van der Waals surface area contributed by atoms with Crippen molar-refractivity contribution in [1.82, 2.24) is 14.7 Å². The third-order valence-electron chi connectivity index (χ3n) is 3.93. The first-order valence-electron chi connectivity index (χ1n) is 7.15. The van der Waals surface area contributed by atoms with Crippen molar-refractivity contribution >= 4 is 11.9 Å². The highest BCUT2D eigenvalue weighted by Gasteiger charge is 2.38. The van der Waals surface area contributed by atoms with E-state index in [1.165, 1.54) is 11.2 Å². The van der Waals surface area contributed by atoms with Crippen molar-refractivity contribution in [2.75, 3.05) is 6.54 Å². The van der Waals surface area contributed by atoms with Crippen LogP contribution in [0.5, 0.6) is 0 Å². The Bertz CT molecular complexity index is 731. The minimum atomic E-state index is -1.06. The van der Waals surface area contributed by atoms with Crippen molar-refractivity contribution in [2.45, 2.75) is 25.8 Å². The van der Waals surface area contributed by atoms with Crippen molar-refractivity contribution in [3.8, 4) is 0 Å². The summed E-state index contributed by atoms with van der Waals surface area (Å²) in [4.78, 5) is 25.9. The molecule has 0 aliphatic carbocycles. The zero-order valence-corrected chi connectivity index (χ0v) is 12.4. The maximum atomic E-state index is 12.8. The SMILES string of the molecule is CCc1nn(C)cc1C(=O)N1CCc2occc2C1C(=O)O. The number of rotatable bonds is 3. The number of aliphatic carboxylic acids is 1. The van der Waals surface area contributed by atoms with Crippen LogP contribution in [0.3, 0.4) is 0 Å². The predicted octanol–water partition coefficient (Wildman–Crippen LogP) is 1.40. The van der Waals surface area contributed by atoms with Gasteiger partial charge in [-0.1, -0.05) is 6.92 Å². The number of hydrogen-bond donors (Lipinski definition) is 1. The Hall–Kier alpha value is -2.57. The van der Waals surface area contributed by atoms with E-state index in [0.717, 1.165) is 0 Å². The molecule has 0 bridgehead atoms. The largest absolute Gasteiger partial charge is 0.479 e. The number of amides is 1. The van der Waals surface area contributed by atoms with Gasteiger partial charge >= 0.3 is 5.97 Å². The maximum Gasteiger partial charge on any atom is 0.331 e. The first-order valence-corrected chi connectivity index (χ1v) is 7.15. The highest BCUT2D eigenvalue weighted by molar-refractivity contribution is 5.98. The van der Waals surface area contributed by atoms with Crippen LogP contribution in [-0.2, 0) is 24.7 Å². The molecule has 22 heavy (non-hydrogen) atoms. The zero-order chi connectivity index (χ0) is 15.9. The molecule has 1 N–H and O–H groups in total. The van der Waals surface area contributed by atoms with Crippen LogP contribution in [0.15, 0.2) is 22.9 Å². The first-order chi connectivity index (χ1) is 10.5. The first kappa shape index (κ1) is 14.4. The molecule has 0 aromatic carbocycles. The lowest BCUT2D eigenvalue weighted by atomic mass is 9.98. The Morgan fingerprint density at radius 3 is 2.95 bits per heavy atom. The van der Waals surface area contributed by atoms with Crippen molar-refractivity contribution < 1.29 is 19.1 Å². The van der Waals surface area contributed by atoms with Crippen molar-refractivity contribution in [3.05, 3.63) is 41.1 Å². The van der Waals surface area contributed by atoms with Crippen molar-refractivity contribution in [3.63, 3.8) is 0 Å². The Morgan fingerprint density at radius 2 is 2.27 bits per heavy atom. The summed E-state index contributed by atoms with van der Waals surface area (Å²) in [5, 5.41) is 13.8. The Kier molecular flexibility index (Phi) is 3.48. The van der Waals surface area contributed by atoms with Crippen molar-refractivity contribution in [1.29, 1.82) is 0 Å². The molecule has 0 saturated heterocycles. The van der Waals surface area contributed by atoms with Crippen molar-refractivity contribution in [2.24, 2.45) is 7.05 Å². The van der Waals surface area contributed by atoms with Crippen LogP contribution in [0.4, 0.5) is 0 Å². The number of aromatic nitrogens is 2. The van der Waals surface area contributed by atoms with E-state index in [9.17, 15) is 14.7 Å². The number of carbonyl (C=O) groups is 2. The average Bonchev–Trinajstić information content (AvgIpc) is 3.10. The molecule has 2 aromatic heterocycles. The molecule has 1 aliphatic rings. The minimum Gasteiger partial charge on any atom is -0.479 e. The number of fused-ring (bicyclic) bond motifs is 1. The number of carboxylic acid groups (broad SMARTS) is 1. The van der Waals surface area contributed by atoms with E-state index in [2.05, 4.69) is 5.10 Å². The molecular formula is C15H17N3O4. The van der Waals surface area contributed by atoms with Crippen LogP contribution in [0, 0.1) is 0 Å². The third kappa shape index (κ3) is 2.18. The van der Waals surface area contributed by atoms with Gasteiger partial charge in [0.15, 0.2) is 6.04 Å². The van der Waals surface area contributed by atoms with Gasteiger partial charge in [-0.15, -0.1) is 0 Å². The highest BCUT2D eigenvalue weighted by atomic mass is 16.4. The number of carboxylic acids is 1. The summed E-state index contributed by atoms with van der Waals surface area (Å²) in [6.07, 6.45) is 4.24.